The van der Waals surface area contributed by atoms with E-state index >= 15 is 0 Å². The van der Waals surface area contributed by atoms with Gasteiger partial charge in [-0.05, 0) is 24.5 Å². The van der Waals surface area contributed by atoms with Crippen LogP contribution in [0.5, 0.6) is 0 Å². The lowest BCUT2D eigenvalue weighted by Crippen LogP contribution is -2.44. The summed E-state index contributed by atoms with van der Waals surface area (Å²) in [6.45, 7) is 0.502. The van der Waals surface area contributed by atoms with Gasteiger partial charge in [0, 0.05) is 35.6 Å². The van der Waals surface area contributed by atoms with Gasteiger partial charge in [0.25, 0.3) is 0 Å². The average molecular weight is 441 g/mol. The first-order valence-electron chi connectivity index (χ1n) is 11.0. The van der Waals surface area contributed by atoms with Gasteiger partial charge >= 0.3 is 11.7 Å². The third-order valence-corrected chi connectivity index (χ3v) is 5.88. The van der Waals surface area contributed by atoms with E-state index in [4.69, 9.17) is 16.5 Å². The number of hydrogen-bond donors (Lipinski definition) is 4. The van der Waals surface area contributed by atoms with Crippen molar-refractivity contribution in [2.24, 2.45) is 16.5 Å². The second kappa shape index (κ2) is 8.74. The Morgan fingerprint density at radius 3 is 2.70 bits per heavy atom. The smallest absolute Gasteiger partial charge is 0.359 e. The second-order valence-electron chi connectivity index (χ2n) is 8.17. The lowest BCUT2D eigenvalue weighted by molar-refractivity contribution is -0.552. The number of aromatic amines is 1. The number of nitrogens with two attached hydrogens (primary N) is 2. The highest BCUT2D eigenvalue weighted by Crippen LogP contribution is 2.29. The molecule has 8 heteroatoms. The number of anilines is 1. The first-order valence-corrected chi connectivity index (χ1v) is 11.0. The molecule has 1 unspecified atom stereocenters. The topological polar surface area (TPSA) is 126 Å². The molecule has 33 heavy (non-hydrogen) atoms. The molecular weight excluding hydrogens is 414 g/mol. The molecule has 0 radical (unpaired) electrons. The van der Waals surface area contributed by atoms with Gasteiger partial charge in [-0.3, -0.25) is 10.3 Å². The van der Waals surface area contributed by atoms with Crippen molar-refractivity contribution in [3.05, 3.63) is 78.2 Å². The molecule has 0 amide bonds. The number of nitrogens with one attached hydrogen (secondary N) is 2. The maximum Gasteiger partial charge on any atom is 0.359 e. The average Bonchev–Trinajstić information content (AvgIpc) is 3.39. The summed E-state index contributed by atoms with van der Waals surface area (Å²) in [5, 5.41) is 4.48. The van der Waals surface area contributed by atoms with Gasteiger partial charge in [0.2, 0.25) is 0 Å². The minimum atomic E-state index is -0.344. The Bertz CT molecular complexity index is 1340. The van der Waals surface area contributed by atoms with E-state index in [2.05, 4.69) is 21.4 Å². The van der Waals surface area contributed by atoms with Crippen molar-refractivity contribution < 1.29 is 9.36 Å². The number of aryl methyl sites for hydroxylation is 1. The number of aliphatic imine (C=N–C) groups is 1. The van der Waals surface area contributed by atoms with Gasteiger partial charge in [0.1, 0.15) is 17.6 Å². The molecule has 0 spiro atoms. The molecule has 8 nitrogen and oxygen atoms in total. The molecule has 1 aliphatic rings. The van der Waals surface area contributed by atoms with Crippen LogP contribution in [0.1, 0.15) is 22.5 Å². The van der Waals surface area contributed by atoms with Crippen LogP contribution >= 0.6 is 0 Å². The predicted octanol–water partition coefficient (Wildman–Crippen LogP) is 2.40. The van der Waals surface area contributed by atoms with Gasteiger partial charge in [-0.1, -0.05) is 48.5 Å². The summed E-state index contributed by atoms with van der Waals surface area (Å²) in [5.41, 5.74) is 15.6. The zero-order valence-electron chi connectivity index (χ0n) is 18.2. The highest BCUT2D eigenvalue weighted by molar-refractivity contribution is 5.94. The predicted molar refractivity (Wildman–Crippen MR) is 129 cm³/mol. The van der Waals surface area contributed by atoms with Crippen LogP contribution in [-0.4, -0.2) is 34.4 Å². The van der Waals surface area contributed by atoms with Crippen molar-refractivity contribution >= 4 is 28.6 Å². The lowest BCUT2D eigenvalue weighted by Gasteiger charge is -2.06. The monoisotopic (exact) mass is 440 g/mol. The number of nitrogens with zero attached hydrogens (tertiary/aromatic N) is 3. The van der Waals surface area contributed by atoms with E-state index in [0.717, 1.165) is 39.2 Å². The Morgan fingerprint density at radius 2 is 1.88 bits per heavy atom. The summed E-state index contributed by atoms with van der Waals surface area (Å²) in [6, 6.07) is 17.7. The van der Waals surface area contributed by atoms with Crippen LogP contribution in [0.25, 0.3) is 22.2 Å². The fraction of sp³-hybridized carbons (Fsp3) is 0.200. The summed E-state index contributed by atoms with van der Waals surface area (Å²) in [7, 11) is 0. The van der Waals surface area contributed by atoms with Crippen molar-refractivity contribution in [2.45, 2.75) is 25.3 Å². The zero-order valence-corrected chi connectivity index (χ0v) is 18.2. The Balaban J connectivity index is 1.52. The standard InChI is InChI=1S/C25H25N7O/c26-25(27)28-12-6-11-20-23-31-21(13-16-7-2-1-3-8-16)24(33)32(23)15-22(30-20)18-14-29-19-10-5-4-9-17(18)19/h1-5,7-10,14-15,21,29H,6,11-13H2,(H4,26,27,28)/p+1. The number of guanidine groups is 1. The van der Waals surface area contributed by atoms with Gasteiger partial charge in [0.15, 0.2) is 12.0 Å². The van der Waals surface area contributed by atoms with Crippen LogP contribution in [0.3, 0.4) is 0 Å². The maximum absolute atomic E-state index is 13.4. The molecule has 0 aliphatic carbocycles. The molecule has 0 bridgehead atoms. The van der Waals surface area contributed by atoms with Crippen molar-refractivity contribution in [1.82, 2.24) is 9.97 Å². The Morgan fingerprint density at radius 1 is 1.09 bits per heavy atom. The fourth-order valence-electron chi connectivity index (χ4n) is 4.30. The van der Waals surface area contributed by atoms with Crippen molar-refractivity contribution in [1.29, 1.82) is 0 Å². The number of H-pyrrole nitrogens is 1. The molecule has 2 aromatic carbocycles. The fourth-order valence-corrected chi connectivity index (χ4v) is 4.30. The van der Waals surface area contributed by atoms with Gasteiger partial charge in [-0.15, -0.1) is 0 Å². The van der Waals surface area contributed by atoms with Crippen LogP contribution in [0.2, 0.25) is 0 Å². The van der Waals surface area contributed by atoms with Crippen molar-refractivity contribution in [2.75, 3.05) is 11.9 Å². The molecule has 0 saturated carbocycles. The molecule has 0 saturated heterocycles. The minimum absolute atomic E-state index is 0.0165. The van der Waals surface area contributed by atoms with Crippen LogP contribution < -0.4 is 21.4 Å². The lowest BCUT2D eigenvalue weighted by atomic mass is 10.1. The first kappa shape index (κ1) is 20.7. The molecule has 1 atom stereocenters. The van der Waals surface area contributed by atoms with E-state index in [-0.39, 0.29) is 17.9 Å². The molecule has 3 heterocycles. The van der Waals surface area contributed by atoms with E-state index in [9.17, 15) is 4.79 Å². The van der Waals surface area contributed by atoms with Crippen LogP contribution in [-0.2, 0) is 12.8 Å². The van der Waals surface area contributed by atoms with Gasteiger partial charge in [-0.25, -0.2) is 9.78 Å². The van der Waals surface area contributed by atoms with E-state index in [1.54, 1.807) is 4.57 Å². The maximum atomic E-state index is 13.4. The van der Waals surface area contributed by atoms with Gasteiger partial charge < -0.3 is 16.5 Å². The summed E-state index contributed by atoms with van der Waals surface area (Å²) in [6.07, 6.45) is 5.74. The molecule has 4 aromatic rings. The highest BCUT2D eigenvalue weighted by Gasteiger charge is 2.41. The minimum Gasteiger partial charge on any atom is -0.370 e. The van der Waals surface area contributed by atoms with E-state index < -0.39 is 0 Å². The van der Waals surface area contributed by atoms with E-state index in [0.29, 0.717) is 25.8 Å². The number of para-hydroxylation sites is 1. The number of hydrogen-bond acceptors (Lipinski definition) is 4. The zero-order chi connectivity index (χ0) is 22.8. The first-order chi connectivity index (χ1) is 16.1. The molecular formula is C25H26N7O+. The molecule has 5 rings (SSSR count). The van der Waals surface area contributed by atoms with Crippen molar-refractivity contribution in [3.63, 3.8) is 0 Å². The van der Waals surface area contributed by atoms with Crippen LogP contribution in [0, 0.1) is 0 Å². The van der Waals surface area contributed by atoms with Crippen LogP contribution in [0.4, 0.5) is 5.82 Å². The summed E-state index contributed by atoms with van der Waals surface area (Å²) in [5.74, 6) is 0.836. The van der Waals surface area contributed by atoms with Gasteiger partial charge in [-0.2, -0.15) is 4.57 Å². The number of carbonyl (C=O) groups excluding carboxylic acids is 1. The number of carbonyl (C=O) groups is 1. The third-order valence-electron chi connectivity index (χ3n) is 5.88. The summed E-state index contributed by atoms with van der Waals surface area (Å²) >= 11 is 0. The Kier molecular flexibility index (Phi) is 5.48. The van der Waals surface area contributed by atoms with E-state index in [1.165, 1.54) is 0 Å². The molecule has 0 fully saturated rings. The SMILES string of the molecule is NC(N)=NCCCc1nc(-c2c[nH]c3ccccc23)c[n+]2c1NC(Cc1ccccc1)C2=O. The summed E-state index contributed by atoms with van der Waals surface area (Å²) < 4.78 is 1.72. The third kappa shape index (κ3) is 4.15. The Hall–Kier alpha value is -4.20. The molecule has 2 aromatic heterocycles. The normalized spacial score (nSPS) is 14.8. The number of rotatable bonds is 7. The molecule has 1 aliphatic heterocycles. The summed E-state index contributed by atoms with van der Waals surface area (Å²) in [4.78, 5) is 25.7. The van der Waals surface area contributed by atoms with Gasteiger partial charge in [0.05, 0.1) is 0 Å². The molecule has 6 N–H and O–H groups in total. The molecule has 166 valence electrons. The highest BCUT2D eigenvalue weighted by atomic mass is 16.2. The van der Waals surface area contributed by atoms with E-state index in [1.807, 2.05) is 60.9 Å². The number of benzene rings is 2. The van der Waals surface area contributed by atoms with Crippen molar-refractivity contribution in [3.8, 4) is 11.3 Å². The van der Waals surface area contributed by atoms with Crippen LogP contribution in [0.15, 0.2) is 72.0 Å². The Labute approximate surface area is 191 Å². The number of aromatic nitrogens is 3. The quantitative estimate of drug-likeness (QED) is 0.152. The second-order valence-corrected chi connectivity index (χ2v) is 8.17. The number of fused-ring (bicyclic) bond motifs is 2. The largest absolute Gasteiger partial charge is 0.370 e.